The van der Waals surface area contributed by atoms with Crippen molar-refractivity contribution >= 4 is 6.09 Å². The summed E-state index contributed by atoms with van der Waals surface area (Å²) < 4.78 is 10.1. The highest BCUT2D eigenvalue weighted by atomic mass is 16.5. The van der Waals surface area contributed by atoms with Crippen molar-refractivity contribution in [2.45, 2.75) is 25.4 Å². The third-order valence-corrected chi connectivity index (χ3v) is 4.76. The fraction of sp³-hybridized carbons (Fsp3) is 0.588. The van der Waals surface area contributed by atoms with Crippen LogP contribution < -0.4 is 4.74 Å². The Morgan fingerprint density at radius 2 is 1.91 bits per heavy atom. The Bertz CT molecular complexity index is 517. The molecule has 22 heavy (non-hydrogen) atoms. The molecule has 5 heteroatoms. The lowest BCUT2D eigenvalue weighted by Crippen LogP contribution is -2.47. The van der Waals surface area contributed by atoms with Gasteiger partial charge in [0.05, 0.1) is 14.2 Å². The number of piperidine rings is 1. The first-order chi connectivity index (χ1) is 10.7. The van der Waals surface area contributed by atoms with Crippen molar-refractivity contribution in [3.63, 3.8) is 0 Å². The minimum atomic E-state index is -0.180. The SMILES string of the molecule is COC(=O)N1C[C@H]2CC[C@@H]1CN(Cc1ccc(OC)cc1)C2. The molecule has 3 aliphatic rings. The number of benzene rings is 1. The Kier molecular flexibility index (Phi) is 4.52. The van der Waals surface area contributed by atoms with Gasteiger partial charge in [-0.3, -0.25) is 4.90 Å². The molecular weight excluding hydrogens is 280 g/mol. The fourth-order valence-corrected chi connectivity index (χ4v) is 3.64. The van der Waals surface area contributed by atoms with Crippen LogP contribution in [0.5, 0.6) is 5.75 Å². The number of hydrogen-bond acceptors (Lipinski definition) is 4. The smallest absolute Gasteiger partial charge is 0.409 e. The van der Waals surface area contributed by atoms with Crippen LogP contribution in [0.1, 0.15) is 18.4 Å². The number of fused-ring (bicyclic) bond motifs is 4. The van der Waals surface area contributed by atoms with Gasteiger partial charge in [0.2, 0.25) is 0 Å². The van der Waals surface area contributed by atoms with E-state index < -0.39 is 0 Å². The van der Waals surface area contributed by atoms with Crippen LogP contribution in [-0.4, -0.2) is 55.8 Å². The third-order valence-electron chi connectivity index (χ3n) is 4.76. The zero-order valence-electron chi connectivity index (χ0n) is 13.3. The summed E-state index contributed by atoms with van der Waals surface area (Å²) in [5, 5.41) is 0. The van der Waals surface area contributed by atoms with Gasteiger partial charge in [0.25, 0.3) is 0 Å². The summed E-state index contributed by atoms with van der Waals surface area (Å²) in [6.45, 7) is 3.73. The Hall–Kier alpha value is -1.75. The first-order valence-electron chi connectivity index (χ1n) is 7.89. The van der Waals surface area contributed by atoms with Crippen molar-refractivity contribution < 1.29 is 14.3 Å². The number of nitrogens with zero attached hydrogens (tertiary/aromatic N) is 2. The van der Waals surface area contributed by atoms with Crippen LogP contribution >= 0.6 is 0 Å². The molecule has 0 saturated carbocycles. The summed E-state index contributed by atoms with van der Waals surface area (Å²) in [4.78, 5) is 16.3. The van der Waals surface area contributed by atoms with E-state index in [9.17, 15) is 4.79 Å². The van der Waals surface area contributed by atoms with Gasteiger partial charge < -0.3 is 14.4 Å². The second kappa shape index (κ2) is 6.57. The van der Waals surface area contributed by atoms with E-state index in [0.29, 0.717) is 5.92 Å². The highest BCUT2D eigenvalue weighted by Gasteiger charge is 2.37. The lowest BCUT2D eigenvalue weighted by atomic mass is 9.95. The molecule has 5 nitrogen and oxygen atoms in total. The van der Waals surface area contributed by atoms with Crippen molar-refractivity contribution in [3.05, 3.63) is 29.8 Å². The van der Waals surface area contributed by atoms with E-state index in [4.69, 9.17) is 9.47 Å². The Labute approximate surface area is 131 Å². The number of methoxy groups -OCH3 is 2. The first kappa shape index (κ1) is 15.2. The van der Waals surface area contributed by atoms with Crippen LogP contribution in [0, 0.1) is 5.92 Å². The Morgan fingerprint density at radius 1 is 1.14 bits per heavy atom. The highest BCUT2D eigenvalue weighted by molar-refractivity contribution is 5.68. The lowest BCUT2D eigenvalue weighted by Gasteiger charge is -2.34. The summed E-state index contributed by atoms with van der Waals surface area (Å²) in [7, 11) is 3.15. The molecule has 3 saturated heterocycles. The van der Waals surface area contributed by atoms with E-state index in [1.807, 2.05) is 17.0 Å². The van der Waals surface area contributed by atoms with Crippen LogP contribution in [0.3, 0.4) is 0 Å². The van der Waals surface area contributed by atoms with Gasteiger partial charge in [-0.1, -0.05) is 12.1 Å². The van der Waals surface area contributed by atoms with Gasteiger partial charge in [-0.15, -0.1) is 0 Å². The van der Waals surface area contributed by atoms with Crippen molar-refractivity contribution in [1.29, 1.82) is 0 Å². The molecule has 2 atom stereocenters. The summed E-state index contributed by atoms with van der Waals surface area (Å²) >= 11 is 0. The topological polar surface area (TPSA) is 42.0 Å². The van der Waals surface area contributed by atoms with Gasteiger partial charge in [0.1, 0.15) is 5.75 Å². The van der Waals surface area contributed by atoms with Crippen molar-refractivity contribution in [3.8, 4) is 5.75 Å². The summed E-state index contributed by atoms with van der Waals surface area (Å²) in [5.41, 5.74) is 1.28. The number of carbonyl (C=O) groups is 1. The summed E-state index contributed by atoms with van der Waals surface area (Å²) in [6, 6.07) is 8.52. The van der Waals surface area contributed by atoms with Crippen molar-refractivity contribution in [1.82, 2.24) is 9.80 Å². The van der Waals surface area contributed by atoms with Crippen LogP contribution in [0.2, 0.25) is 0 Å². The molecule has 3 fully saturated rings. The van der Waals surface area contributed by atoms with E-state index in [2.05, 4.69) is 17.0 Å². The second-order valence-electron chi connectivity index (χ2n) is 6.26. The van der Waals surface area contributed by atoms with Crippen LogP contribution in [0.4, 0.5) is 4.79 Å². The molecule has 1 aromatic rings. The normalized spacial score (nSPS) is 24.9. The van der Waals surface area contributed by atoms with Crippen LogP contribution in [0.25, 0.3) is 0 Å². The van der Waals surface area contributed by atoms with E-state index >= 15 is 0 Å². The fourth-order valence-electron chi connectivity index (χ4n) is 3.64. The lowest BCUT2D eigenvalue weighted by molar-refractivity contribution is 0.0833. The first-order valence-corrected chi connectivity index (χ1v) is 7.89. The predicted molar refractivity (Wildman–Crippen MR) is 83.9 cm³/mol. The van der Waals surface area contributed by atoms with Gasteiger partial charge >= 0.3 is 6.09 Å². The van der Waals surface area contributed by atoms with E-state index in [1.54, 1.807) is 7.11 Å². The number of hydrogen-bond donors (Lipinski definition) is 0. The molecular formula is C17H24N2O3. The molecule has 0 aromatic heterocycles. The molecule has 1 amide bonds. The second-order valence-corrected chi connectivity index (χ2v) is 6.26. The Balaban J connectivity index is 1.67. The van der Waals surface area contributed by atoms with Gasteiger partial charge in [-0.25, -0.2) is 4.79 Å². The standard InChI is InChI=1S/C17H24N2O3/c1-21-16-7-4-13(5-8-16)9-18-10-14-3-6-15(12-18)19(11-14)17(20)22-2/h4-5,7-8,14-15H,3,6,9-12H2,1-2H3/t14-,15+/m0/s1. The molecule has 4 rings (SSSR count). The molecule has 2 bridgehead atoms. The Morgan fingerprint density at radius 3 is 2.59 bits per heavy atom. The molecule has 3 aliphatic heterocycles. The minimum Gasteiger partial charge on any atom is -0.497 e. The average Bonchev–Trinajstić information content (AvgIpc) is 2.85. The molecule has 120 valence electrons. The monoisotopic (exact) mass is 304 g/mol. The largest absolute Gasteiger partial charge is 0.497 e. The van der Waals surface area contributed by atoms with E-state index in [0.717, 1.165) is 38.3 Å². The molecule has 0 aliphatic carbocycles. The van der Waals surface area contributed by atoms with E-state index in [1.165, 1.54) is 19.1 Å². The van der Waals surface area contributed by atoms with Gasteiger partial charge in [-0.2, -0.15) is 0 Å². The molecule has 0 unspecified atom stereocenters. The van der Waals surface area contributed by atoms with Crippen molar-refractivity contribution in [2.24, 2.45) is 5.92 Å². The van der Waals surface area contributed by atoms with Crippen LogP contribution in [-0.2, 0) is 11.3 Å². The van der Waals surface area contributed by atoms with Gasteiger partial charge in [0, 0.05) is 32.2 Å². The highest BCUT2D eigenvalue weighted by Crippen LogP contribution is 2.29. The number of amides is 1. The molecule has 0 N–H and O–H groups in total. The predicted octanol–water partition coefficient (Wildman–Crippen LogP) is 2.36. The maximum Gasteiger partial charge on any atom is 0.409 e. The molecule has 0 spiro atoms. The van der Waals surface area contributed by atoms with Crippen molar-refractivity contribution in [2.75, 3.05) is 33.9 Å². The van der Waals surface area contributed by atoms with E-state index in [-0.39, 0.29) is 12.1 Å². The molecule has 0 radical (unpaired) electrons. The average molecular weight is 304 g/mol. The third kappa shape index (κ3) is 3.19. The van der Waals surface area contributed by atoms with Crippen LogP contribution in [0.15, 0.2) is 24.3 Å². The quantitative estimate of drug-likeness (QED) is 0.860. The summed E-state index contributed by atoms with van der Waals surface area (Å²) in [5.74, 6) is 1.44. The maximum atomic E-state index is 11.9. The minimum absolute atomic E-state index is 0.180. The van der Waals surface area contributed by atoms with Gasteiger partial charge in [0.15, 0.2) is 0 Å². The molecule has 3 heterocycles. The number of carbonyl (C=O) groups excluding carboxylic acids is 1. The number of ether oxygens (including phenoxy) is 2. The zero-order valence-corrected chi connectivity index (χ0v) is 13.3. The van der Waals surface area contributed by atoms with Gasteiger partial charge in [-0.05, 0) is 36.5 Å². The maximum absolute atomic E-state index is 11.9. The molecule has 1 aromatic carbocycles. The zero-order chi connectivity index (χ0) is 15.5. The number of rotatable bonds is 3. The summed E-state index contributed by atoms with van der Waals surface area (Å²) in [6.07, 6.45) is 2.11.